The third-order valence-corrected chi connectivity index (χ3v) is 5.54. The number of allylic oxidation sites excluding steroid dienone is 1. The Morgan fingerprint density at radius 3 is 2.52 bits per heavy atom. The molecule has 0 atom stereocenters. The summed E-state index contributed by atoms with van der Waals surface area (Å²) in [4.78, 5) is 18.7. The zero-order valence-corrected chi connectivity index (χ0v) is 18.2. The number of benzene rings is 1. The molecule has 0 radical (unpaired) electrons. The Morgan fingerprint density at radius 1 is 1.17 bits per heavy atom. The molecule has 5 heteroatoms. The number of hydrogen-bond acceptors (Lipinski definition) is 4. The Morgan fingerprint density at radius 2 is 1.90 bits per heavy atom. The van der Waals surface area contributed by atoms with Crippen LogP contribution in [0, 0.1) is 0 Å². The first-order chi connectivity index (χ1) is 13.7. The van der Waals surface area contributed by atoms with Crippen LogP contribution in [0.3, 0.4) is 0 Å². The molecular formula is C24H27N3OS. The Hall–Kier alpha value is -2.76. The van der Waals surface area contributed by atoms with Crippen LogP contribution in [0.5, 0.6) is 0 Å². The average Bonchev–Trinajstić information content (AvgIpc) is 3.22. The highest BCUT2D eigenvalue weighted by Crippen LogP contribution is 2.24. The molecule has 3 aromatic rings. The molecule has 4 nitrogen and oxygen atoms in total. The summed E-state index contributed by atoms with van der Waals surface area (Å²) in [5.74, 6) is 0.0260. The van der Waals surface area contributed by atoms with Gasteiger partial charge in [-0.25, -0.2) is 0 Å². The summed E-state index contributed by atoms with van der Waals surface area (Å²) in [5, 5.41) is 4.18. The van der Waals surface area contributed by atoms with Gasteiger partial charge in [-0.05, 0) is 77.6 Å². The standard InChI is InChI=1S/C24H27N3OS/c1-17(22-14-19(9-11-26-22)20-10-12-29-16-20)15-27(4)23(28)13-18-5-7-21(8-6-18)24(2,3)25/h5-12,14-16H,13,25H2,1-4H3/b17-15+. The maximum atomic E-state index is 12.7. The number of nitrogens with zero attached hydrogens (tertiary/aromatic N) is 2. The number of pyridine rings is 1. The highest BCUT2D eigenvalue weighted by atomic mass is 32.1. The fourth-order valence-corrected chi connectivity index (χ4v) is 3.70. The molecule has 0 unspecified atom stereocenters. The molecular weight excluding hydrogens is 378 g/mol. The summed E-state index contributed by atoms with van der Waals surface area (Å²) in [5.41, 5.74) is 11.9. The first-order valence-electron chi connectivity index (χ1n) is 9.55. The summed E-state index contributed by atoms with van der Waals surface area (Å²) in [6, 6.07) is 14.1. The highest BCUT2D eigenvalue weighted by molar-refractivity contribution is 7.08. The van der Waals surface area contributed by atoms with Crippen LogP contribution in [0.25, 0.3) is 16.7 Å². The van der Waals surface area contributed by atoms with Crippen LogP contribution in [0.2, 0.25) is 0 Å². The maximum Gasteiger partial charge on any atom is 0.230 e. The van der Waals surface area contributed by atoms with Gasteiger partial charge in [-0.3, -0.25) is 9.78 Å². The molecule has 1 aromatic carbocycles. The van der Waals surface area contributed by atoms with Crippen molar-refractivity contribution in [2.75, 3.05) is 7.05 Å². The molecule has 29 heavy (non-hydrogen) atoms. The van der Waals surface area contributed by atoms with Gasteiger partial charge in [-0.1, -0.05) is 24.3 Å². The maximum absolute atomic E-state index is 12.7. The van der Waals surface area contributed by atoms with Gasteiger partial charge in [-0.15, -0.1) is 0 Å². The zero-order valence-electron chi connectivity index (χ0n) is 17.3. The molecule has 2 aromatic heterocycles. The predicted octanol–water partition coefficient (Wildman–Crippen LogP) is 5.07. The Bertz CT molecular complexity index is 999. The lowest BCUT2D eigenvalue weighted by Crippen LogP contribution is -2.28. The molecule has 2 heterocycles. The van der Waals surface area contributed by atoms with Crippen LogP contribution in [0.15, 0.2) is 65.6 Å². The number of amides is 1. The average molecular weight is 406 g/mol. The van der Waals surface area contributed by atoms with Gasteiger partial charge in [0.1, 0.15) is 0 Å². The number of likely N-dealkylation sites (N-methyl/N-ethyl adjacent to an activating group) is 1. The molecule has 150 valence electrons. The molecule has 3 rings (SSSR count). The molecule has 0 saturated heterocycles. The van der Waals surface area contributed by atoms with E-state index in [2.05, 4.69) is 27.9 Å². The van der Waals surface area contributed by atoms with Crippen LogP contribution in [-0.4, -0.2) is 22.8 Å². The number of thiophene rings is 1. The van der Waals surface area contributed by atoms with Gasteiger partial charge >= 0.3 is 0 Å². The fourth-order valence-electron chi connectivity index (χ4n) is 3.03. The lowest BCUT2D eigenvalue weighted by molar-refractivity contribution is -0.126. The van der Waals surface area contributed by atoms with Crippen molar-refractivity contribution in [1.82, 2.24) is 9.88 Å². The van der Waals surface area contributed by atoms with E-state index in [1.165, 1.54) is 5.56 Å². The topological polar surface area (TPSA) is 59.2 Å². The Kier molecular flexibility index (Phi) is 6.30. The van der Waals surface area contributed by atoms with Crippen molar-refractivity contribution in [3.8, 4) is 11.1 Å². The minimum absolute atomic E-state index is 0.0260. The zero-order chi connectivity index (χ0) is 21.0. The second-order valence-electron chi connectivity index (χ2n) is 7.85. The predicted molar refractivity (Wildman–Crippen MR) is 121 cm³/mol. The molecule has 0 aliphatic rings. The molecule has 0 aliphatic heterocycles. The molecule has 0 saturated carbocycles. The van der Waals surface area contributed by atoms with Gasteiger partial charge in [0.25, 0.3) is 0 Å². The summed E-state index contributed by atoms with van der Waals surface area (Å²) in [7, 11) is 1.78. The van der Waals surface area contributed by atoms with Gasteiger partial charge in [0, 0.05) is 25.0 Å². The van der Waals surface area contributed by atoms with Crippen molar-refractivity contribution in [3.63, 3.8) is 0 Å². The van der Waals surface area contributed by atoms with Gasteiger partial charge in [0.2, 0.25) is 5.91 Å². The third kappa shape index (κ3) is 5.40. The van der Waals surface area contributed by atoms with Gasteiger partial charge in [0.15, 0.2) is 0 Å². The van der Waals surface area contributed by atoms with E-state index in [0.29, 0.717) is 6.42 Å². The van der Waals surface area contributed by atoms with Gasteiger partial charge in [-0.2, -0.15) is 11.3 Å². The van der Waals surface area contributed by atoms with Gasteiger partial charge < -0.3 is 10.6 Å². The van der Waals surface area contributed by atoms with E-state index in [0.717, 1.165) is 28.0 Å². The quantitative estimate of drug-likeness (QED) is 0.623. The summed E-state index contributed by atoms with van der Waals surface area (Å²) in [6.45, 7) is 5.91. The van der Waals surface area contributed by atoms with E-state index in [9.17, 15) is 4.79 Å². The fraction of sp³-hybridized carbons (Fsp3) is 0.250. The first-order valence-corrected chi connectivity index (χ1v) is 10.5. The lowest BCUT2D eigenvalue weighted by atomic mass is 9.94. The molecule has 0 spiro atoms. The summed E-state index contributed by atoms with van der Waals surface area (Å²) >= 11 is 1.67. The van der Waals surface area contributed by atoms with E-state index in [1.807, 2.05) is 63.5 Å². The molecule has 0 aliphatic carbocycles. The van der Waals surface area contributed by atoms with Crippen molar-refractivity contribution in [1.29, 1.82) is 0 Å². The minimum Gasteiger partial charge on any atom is -0.322 e. The number of rotatable bonds is 6. The van der Waals surface area contributed by atoms with Crippen LogP contribution in [0.1, 0.15) is 37.6 Å². The summed E-state index contributed by atoms with van der Waals surface area (Å²) in [6.07, 6.45) is 4.00. The normalized spacial score (nSPS) is 12.1. The highest BCUT2D eigenvalue weighted by Gasteiger charge is 2.14. The van der Waals surface area contributed by atoms with Crippen LogP contribution in [-0.2, 0) is 16.8 Å². The van der Waals surface area contributed by atoms with Crippen LogP contribution in [0.4, 0.5) is 0 Å². The number of carbonyl (C=O) groups is 1. The number of hydrogen-bond donors (Lipinski definition) is 1. The smallest absolute Gasteiger partial charge is 0.230 e. The second-order valence-corrected chi connectivity index (χ2v) is 8.63. The van der Waals surface area contributed by atoms with Crippen molar-refractivity contribution >= 4 is 22.8 Å². The summed E-state index contributed by atoms with van der Waals surface area (Å²) < 4.78 is 0. The minimum atomic E-state index is -0.385. The van der Waals surface area contributed by atoms with E-state index < -0.39 is 0 Å². The van der Waals surface area contributed by atoms with Crippen LogP contribution >= 0.6 is 11.3 Å². The number of carbonyl (C=O) groups excluding carboxylic acids is 1. The molecule has 0 fully saturated rings. The number of aromatic nitrogens is 1. The van der Waals surface area contributed by atoms with E-state index in [-0.39, 0.29) is 11.4 Å². The van der Waals surface area contributed by atoms with Crippen molar-refractivity contribution in [2.24, 2.45) is 5.73 Å². The Labute approximate surface area is 176 Å². The van der Waals surface area contributed by atoms with Crippen molar-refractivity contribution in [2.45, 2.75) is 32.7 Å². The van der Waals surface area contributed by atoms with Crippen molar-refractivity contribution in [3.05, 3.63) is 82.4 Å². The second kappa shape index (κ2) is 8.72. The van der Waals surface area contributed by atoms with E-state index in [4.69, 9.17) is 5.73 Å². The van der Waals surface area contributed by atoms with E-state index in [1.54, 1.807) is 23.3 Å². The largest absolute Gasteiger partial charge is 0.322 e. The van der Waals surface area contributed by atoms with E-state index >= 15 is 0 Å². The molecule has 0 bridgehead atoms. The molecule has 2 N–H and O–H groups in total. The lowest BCUT2D eigenvalue weighted by Gasteiger charge is -2.19. The van der Waals surface area contributed by atoms with Crippen LogP contribution < -0.4 is 5.73 Å². The third-order valence-electron chi connectivity index (χ3n) is 4.85. The molecule has 1 amide bonds. The van der Waals surface area contributed by atoms with Crippen molar-refractivity contribution < 1.29 is 4.79 Å². The first kappa shape index (κ1) is 21.0. The number of nitrogens with two attached hydrogens (primary N) is 1. The Balaban J connectivity index is 1.70. The monoisotopic (exact) mass is 405 g/mol. The SMILES string of the molecule is C/C(=C\N(C)C(=O)Cc1ccc(C(C)(C)N)cc1)c1cc(-c2ccsc2)ccn1. The van der Waals surface area contributed by atoms with Gasteiger partial charge in [0.05, 0.1) is 12.1 Å².